The van der Waals surface area contributed by atoms with Gasteiger partial charge in [-0.15, -0.1) is 0 Å². The fourth-order valence-electron chi connectivity index (χ4n) is 2.42. The van der Waals surface area contributed by atoms with E-state index in [1.165, 1.54) is 0 Å². The van der Waals surface area contributed by atoms with Crippen LogP contribution in [-0.4, -0.2) is 22.3 Å². The predicted octanol–water partition coefficient (Wildman–Crippen LogP) is 2.43. The standard InChI is InChI=1S/C16H17N3O/c20-16-8-10-18-15-7-2-1-5-13(15)11-19(16)12-14-6-3-4-9-17-14/h1-7,9,18H,8,10-12H2. The van der Waals surface area contributed by atoms with Gasteiger partial charge in [0.05, 0.1) is 12.2 Å². The predicted molar refractivity (Wildman–Crippen MR) is 78.0 cm³/mol. The highest BCUT2D eigenvalue weighted by molar-refractivity contribution is 5.77. The van der Waals surface area contributed by atoms with Crippen LogP contribution in [-0.2, 0) is 17.9 Å². The third-order valence-electron chi connectivity index (χ3n) is 3.46. The number of para-hydroxylation sites is 1. The molecule has 0 aliphatic carbocycles. The lowest BCUT2D eigenvalue weighted by atomic mass is 10.1. The number of nitrogens with zero attached hydrogens (tertiary/aromatic N) is 2. The summed E-state index contributed by atoms with van der Waals surface area (Å²) in [6.07, 6.45) is 2.28. The van der Waals surface area contributed by atoms with Crippen molar-refractivity contribution in [2.24, 2.45) is 0 Å². The van der Waals surface area contributed by atoms with E-state index in [4.69, 9.17) is 0 Å². The molecule has 1 aliphatic rings. The Labute approximate surface area is 118 Å². The third-order valence-corrected chi connectivity index (χ3v) is 3.46. The van der Waals surface area contributed by atoms with E-state index in [0.717, 1.165) is 16.9 Å². The van der Waals surface area contributed by atoms with E-state index in [1.54, 1.807) is 6.20 Å². The lowest BCUT2D eigenvalue weighted by Gasteiger charge is -2.26. The highest BCUT2D eigenvalue weighted by Gasteiger charge is 2.18. The van der Waals surface area contributed by atoms with Gasteiger partial charge in [0.1, 0.15) is 0 Å². The van der Waals surface area contributed by atoms with Crippen molar-refractivity contribution < 1.29 is 4.79 Å². The van der Waals surface area contributed by atoms with Crippen molar-refractivity contribution in [3.8, 4) is 0 Å². The molecule has 1 aromatic heterocycles. The fourth-order valence-corrected chi connectivity index (χ4v) is 2.42. The van der Waals surface area contributed by atoms with Crippen LogP contribution in [0, 0.1) is 0 Å². The van der Waals surface area contributed by atoms with Gasteiger partial charge in [-0.2, -0.15) is 0 Å². The molecule has 20 heavy (non-hydrogen) atoms. The number of carbonyl (C=O) groups is 1. The molecule has 2 heterocycles. The maximum absolute atomic E-state index is 12.2. The van der Waals surface area contributed by atoms with E-state index in [2.05, 4.69) is 22.4 Å². The molecule has 0 saturated heterocycles. The lowest BCUT2D eigenvalue weighted by molar-refractivity contribution is -0.132. The topological polar surface area (TPSA) is 45.2 Å². The molecule has 1 N–H and O–H groups in total. The van der Waals surface area contributed by atoms with Crippen LogP contribution in [0.2, 0.25) is 0 Å². The maximum Gasteiger partial charge on any atom is 0.224 e. The second-order valence-corrected chi connectivity index (χ2v) is 4.90. The Bertz CT molecular complexity index is 598. The molecule has 0 bridgehead atoms. The van der Waals surface area contributed by atoms with Crippen LogP contribution < -0.4 is 5.32 Å². The van der Waals surface area contributed by atoms with Gasteiger partial charge in [0.15, 0.2) is 0 Å². The molecule has 2 aromatic rings. The zero-order chi connectivity index (χ0) is 13.8. The number of nitrogens with one attached hydrogen (secondary N) is 1. The number of pyridine rings is 1. The molecule has 0 unspecified atom stereocenters. The van der Waals surface area contributed by atoms with Gasteiger partial charge in [-0.05, 0) is 23.8 Å². The van der Waals surface area contributed by atoms with Crippen molar-refractivity contribution in [2.75, 3.05) is 11.9 Å². The number of rotatable bonds is 2. The van der Waals surface area contributed by atoms with Gasteiger partial charge in [0, 0.05) is 31.4 Å². The van der Waals surface area contributed by atoms with Crippen molar-refractivity contribution in [2.45, 2.75) is 19.5 Å². The highest BCUT2D eigenvalue weighted by Crippen LogP contribution is 2.20. The van der Waals surface area contributed by atoms with Crippen molar-refractivity contribution in [3.63, 3.8) is 0 Å². The number of benzene rings is 1. The molecule has 0 fully saturated rings. The van der Waals surface area contributed by atoms with Gasteiger partial charge >= 0.3 is 0 Å². The van der Waals surface area contributed by atoms with Gasteiger partial charge in [-0.25, -0.2) is 0 Å². The zero-order valence-corrected chi connectivity index (χ0v) is 11.2. The van der Waals surface area contributed by atoms with E-state index in [1.807, 2.05) is 35.2 Å². The number of fused-ring (bicyclic) bond motifs is 1. The Kier molecular flexibility index (Phi) is 3.63. The summed E-state index contributed by atoms with van der Waals surface area (Å²) in [5.74, 6) is 0.164. The fraction of sp³-hybridized carbons (Fsp3) is 0.250. The second-order valence-electron chi connectivity index (χ2n) is 4.90. The minimum atomic E-state index is 0.164. The Morgan fingerprint density at radius 3 is 2.85 bits per heavy atom. The molecule has 4 heteroatoms. The first-order valence-corrected chi connectivity index (χ1v) is 6.82. The lowest BCUT2D eigenvalue weighted by Crippen LogP contribution is -2.33. The van der Waals surface area contributed by atoms with Gasteiger partial charge in [-0.3, -0.25) is 9.78 Å². The van der Waals surface area contributed by atoms with Crippen LogP contribution in [0.15, 0.2) is 48.7 Å². The molecule has 0 spiro atoms. The van der Waals surface area contributed by atoms with Crippen molar-refractivity contribution in [3.05, 3.63) is 59.9 Å². The summed E-state index contributed by atoms with van der Waals surface area (Å²) in [6.45, 7) is 1.86. The molecule has 1 amide bonds. The summed E-state index contributed by atoms with van der Waals surface area (Å²) in [6, 6.07) is 13.9. The number of aromatic nitrogens is 1. The molecule has 0 atom stereocenters. The molecule has 1 aliphatic heterocycles. The highest BCUT2D eigenvalue weighted by atomic mass is 16.2. The summed E-state index contributed by atoms with van der Waals surface area (Å²) >= 11 is 0. The number of hydrogen-bond acceptors (Lipinski definition) is 3. The molecule has 0 radical (unpaired) electrons. The maximum atomic E-state index is 12.2. The van der Waals surface area contributed by atoms with Gasteiger partial charge in [0.25, 0.3) is 0 Å². The SMILES string of the molecule is O=C1CCNc2ccccc2CN1Cc1ccccn1. The first kappa shape index (κ1) is 12.7. The van der Waals surface area contributed by atoms with Crippen LogP contribution >= 0.6 is 0 Å². The Morgan fingerprint density at radius 2 is 2.00 bits per heavy atom. The van der Waals surface area contributed by atoms with Crippen LogP contribution in [0.3, 0.4) is 0 Å². The van der Waals surface area contributed by atoms with Gasteiger partial charge in [-0.1, -0.05) is 24.3 Å². The molecule has 0 saturated carbocycles. The van der Waals surface area contributed by atoms with Gasteiger partial charge < -0.3 is 10.2 Å². The second kappa shape index (κ2) is 5.74. The minimum absolute atomic E-state index is 0.164. The van der Waals surface area contributed by atoms with Crippen LogP contribution in [0.5, 0.6) is 0 Å². The van der Waals surface area contributed by atoms with Crippen molar-refractivity contribution in [1.29, 1.82) is 0 Å². The molecule has 102 valence electrons. The van der Waals surface area contributed by atoms with Crippen molar-refractivity contribution >= 4 is 11.6 Å². The molecule has 3 rings (SSSR count). The largest absolute Gasteiger partial charge is 0.384 e. The average molecular weight is 267 g/mol. The molecule has 4 nitrogen and oxygen atoms in total. The van der Waals surface area contributed by atoms with E-state index in [0.29, 0.717) is 26.1 Å². The first-order valence-electron chi connectivity index (χ1n) is 6.82. The van der Waals surface area contributed by atoms with E-state index < -0.39 is 0 Å². The molecular formula is C16H17N3O. The zero-order valence-electron chi connectivity index (χ0n) is 11.2. The van der Waals surface area contributed by atoms with Gasteiger partial charge in [0.2, 0.25) is 5.91 Å². The van der Waals surface area contributed by atoms with E-state index >= 15 is 0 Å². The van der Waals surface area contributed by atoms with Crippen LogP contribution in [0.4, 0.5) is 5.69 Å². The summed E-state index contributed by atoms with van der Waals surface area (Å²) in [4.78, 5) is 18.4. The minimum Gasteiger partial charge on any atom is -0.384 e. The number of amides is 1. The average Bonchev–Trinajstić information content (AvgIpc) is 2.47. The van der Waals surface area contributed by atoms with E-state index in [-0.39, 0.29) is 5.91 Å². The summed E-state index contributed by atoms with van der Waals surface area (Å²) in [7, 11) is 0. The number of carbonyl (C=O) groups excluding carboxylic acids is 1. The normalized spacial score (nSPS) is 15.0. The Hall–Kier alpha value is -2.36. The Morgan fingerprint density at radius 1 is 1.15 bits per heavy atom. The number of anilines is 1. The van der Waals surface area contributed by atoms with E-state index in [9.17, 15) is 4.79 Å². The third kappa shape index (κ3) is 2.79. The smallest absolute Gasteiger partial charge is 0.224 e. The summed E-state index contributed by atoms with van der Waals surface area (Å²) < 4.78 is 0. The Balaban J connectivity index is 1.84. The van der Waals surface area contributed by atoms with Crippen LogP contribution in [0.25, 0.3) is 0 Å². The molecule has 1 aromatic carbocycles. The summed E-state index contributed by atoms with van der Waals surface area (Å²) in [5.41, 5.74) is 3.19. The quantitative estimate of drug-likeness (QED) is 0.909. The monoisotopic (exact) mass is 267 g/mol. The van der Waals surface area contributed by atoms with Crippen LogP contribution in [0.1, 0.15) is 17.7 Å². The van der Waals surface area contributed by atoms with Crippen molar-refractivity contribution in [1.82, 2.24) is 9.88 Å². The number of hydrogen-bond donors (Lipinski definition) is 1. The molecular weight excluding hydrogens is 250 g/mol. The first-order chi connectivity index (χ1) is 9.83. The summed E-state index contributed by atoms with van der Waals surface area (Å²) in [5, 5.41) is 3.32.